The highest BCUT2D eigenvalue weighted by molar-refractivity contribution is 5.84. The summed E-state index contributed by atoms with van der Waals surface area (Å²) in [6, 6.07) is 5.68. The molecule has 0 saturated carbocycles. The van der Waals surface area contributed by atoms with Crippen molar-refractivity contribution >= 4 is 6.29 Å². The number of carbonyl (C=O) groups is 1. The van der Waals surface area contributed by atoms with E-state index in [4.69, 9.17) is 9.15 Å². The van der Waals surface area contributed by atoms with E-state index in [0.29, 0.717) is 17.7 Å². The van der Waals surface area contributed by atoms with E-state index in [2.05, 4.69) is 4.98 Å². The van der Waals surface area contributed by atoms with Crippen LogP contribution in [0, 0.1) is 6.92 Å². The summed E-state index contributed by atoms with van der Waals surface area (Å²) < 4.78 is 10.2. The van der Waals surface area contributed by atoms with Crippen LogP contribution in [0.5, 0.6) is 5.75 Å². The topological polar surface area (TPSA) is 52.3 Å². The Balaban J connectivity index is 2.62. The normalized spacial score (nSPS) is 10.1. The number of aromatic nitrogens is 1. The molecule has 0 bridgehead atoms. The SMILES string of the molecule is COc1ccc(C)cc1-c1ncoc1C=O. The first-order chi connectivity index (χ1) is 7.76. The molecule has 1 heterocycles. The fraction of sp³-hybridized carbons (Fsp3) is 0.167. The third-order valence-electron chi connectivity index (χ3n) is 2.31. The van der Waals surface area contributed by atoms with Gasteiger partial charge in [0.05, 0.1) is 7.11 Å². The maximum Gasteiger partial charge on any atom is 0.194 e. The van der Waals surface area contributed by atoms with Crippen LogP contribution in [0.1, 0.15) is 16.1 Å². The van der Waals surface area contributed by atoms with Gasteiger partial charge in [0.15, 0.2) is 18.4 Å². The van der Waals surface area contributed by atoms with Crippen LogP contribution in [0.4, 0.5) is 0 Å². The number of rotatable bonds is 3. The molecule has 0 unspecified atom stereocenters. The van der Waals surface area contributed by atoms with Gasteiger partial charge in [-0.15, -0.1) is 0 Å². The molecular weight excluding hydrogens is 206 g/mol. The lowest BCUT2D eigenvalue weighted by molar-refractivity contribution is 0.110. The fourth-order valence-electron chi connectivity index (χ4n) is 1.55. The number of carbonyl (C=O) groups excluding carboxylic acids is 1. The Bertz CT molecular complexity index is 517. The summed E-state index contributed by atoms with van der Waals surface area (Å²) in [5.74, 6) is 0.881. The van der Waals surface area contributed by atoms with E-state index in [0.717, 1.165) is 11.1 Å². The third-order valence-corrected chi connectivity index (χ3v) is 2.31. The molecule has 1 aromatic carbocycles. The van der Waals surface area contributed by atoms with Crippen LogP contribution in [0.2, 0.25) is 0 Å². The number of nitrogens with zero attached hydrogens (tertiary/aromatic N) is 1. The van der Waals surface area contributed by atoms with E-state index < -0.39 is 0 Å². The Kier molecular flexibility index (Phi) is 2.72. The molecule has 0 saturated heterocycles. The molecule has 16 heavy (non-hydrogen) atoms. The minimum absolute atomic E-state index is 0.212. The van der Waals surface area contributed by atoms with Gasteiger partial charge in [0.2, 0.25) is 0 Å². The van der Waals surface area contributed by atoms with Crippen LogP contribution in [-0.4, -0.2) is 18.4 Å². The first-order valence-corrected chi connectivity index (χ1v) is 4.80. The van der Waals surface area contributed by atoms with E-state index in [1.54, 1.807) is 7.11 Å². The monoisotopic (exact) mass is 217 g/mol. The molecule has 0 aliphatic rings. The molecule has 2 rings (SSSR count). The second-order valence-electron chi connectivity index (χ2n) is 3.39. The average molecular weight is 217 g/mol. The van der Waals surface area contributed by atoms with Gasteiger partial charge in [0.25, 0.3) is 0 Å². The van der Waals surface area contributed by atoms with Crippen molar-refractivity contribution in [1.29, 1.82) is 0 Å². The first kappa shape index (κ1) is 10.4. The van der Waals surface area contributed by atoms with Gasteiger partial charge in [-0.1, -0.05) is 11.6 Å². The minimum atomic E-state index is 0.212. The summed E-state index contributed by atoms with van der Waals surface area (Å²) in [5.41, 5.74) is 2.34. The molecule has 4 nitrogen and oxygen atoms in total. The summed E-state index contributed by atoms with van der Waals surface area (Å²) in [6.45, 7) is 1.96. The van der Waals surface area contributed by atoms with Gasteiger partial charge in [-0.25, -0.2) is 4.98 Å². The summed E-state index contributed by atoms with van der Waals surface area (Å²) >= 11 is 0. The maximum atomic E-state index is 10.8. The number of hydrogen-bond donors (Lipinski definition) is 0. The van der Waals surface area contributed by atoms with Crippen LogP contribution in [0.25, 0.3) is 11.3 Å². The summed E-state index contributed by atoms with van der Waals surface area (Å²) in [5, 5.41) is 0. The van der Waals surface area contributed by atoms with E-state index in [-0.39, 0.29) is 5.76 Å². The predicted molar refractivity (Wildman–Crippen MR) is 58.6 cm³/mol. The van der Waals surface area contributed by atoms with Gasteiger partial charge in [0.1, 0.15) is 11.4 Å². The zero-order valence-electron chi connectivity index (χ0n) is 9.06. The fourth-order valence-corrected chi connectivity index (χ4v) is 1.55. The molecule has 82 valence electrons. The smallest absolute Gasteiger partial charge is 0.194 e. The van der Waals surface area contributed by atoms with Gasteiger partial charge in [-0.05, 0) is 19.1 Å². The molecule has 2 aromatic rings. The minimum Gasteiger partial charge on any atom is -0.496 e. The second-order valence-corrected chi connectivity index (χ2v) is 3.39. The van der Waals surface area contributed by atoms with Crippen molar-refractivity contribution in [2.45, 2.75) is 6.92 Å². The molecular formula is C12H11NO3. The number of hydrogen-bond acceptors (Lipinski definition) is 4. The van der Waals surface area contributed by atoms with Crippen LogP contribution in [0.15, 0.2) is 29.0 Å². The highest BCUT2D eigenvalue weighted by Crippen LogP contribution is 2.31. The van der Waals surface area contributed by atoms with Gasteiger partial charge < -0.3 is 9.15 Å². The Morgan fingerprint density at radius 1 is 1.44 bits per heavy atom. The van der Waals surface area contributed by atoms with Crippen molar-refractivity contribution in [3.8, 4) is 17.0 Å². The standard InChI is InChI=1S/C12H11NO3/c1-8-3-4-10(15-2)9(5-8)12-11(6-14)16-7-13-12/h3-7H,1-2H3. The largest absolute Gasteiger partial charge is 0.496 e. The van der Waals surface area contributed by atoms with Crippen molar-refractivity contribution in [2.75, 3.05) is 7.11 Å². The van der Waals surface area contributed by atoms with Crippen molar-refractivity contribution in [3.63, 3.8) is 0 Å². The number of ether oxygens (including phenoxy) is 1. The third kappa shape index (κ3) is 1.69. The van der Waals surface area contributed by atoms with Crippen LogP contribution >= 0.6 is 0 Å². The van der Waals surface area contributed by atoms with E-state index >= 15 is 0 Å². The lowest BCUT2D eigenvalue weighted by atomic mass is 10.1. The highest BCUT2D eigenvalue weighted by atomic mass is 16.5. The molecule has 4 heteroatoms. The Morgan fingerprint density at radius 3 is 2.94 bits per heavy atom. The first-order valence-electron chi connectivity index (χ1n) is 4.80. The summed E-state index contributed by atoms with van der Waals surface area (Å²) in [6.07, 6.45) is 1.89. The van der Waals surface area contributed by atoms with E-state index in [1.165, 1.54) is 6.39 Å². The number of oxazole rings is 1. The maximum absolute atomic E-state index is 10.8. The quantitative estimate of drug-likeness (QED) is 0.741. The number of methoxy groups -OCH3 is 1. The average Bonchev–Trinajstić information content (AvgIpc) is 2.76. The van der Waals surface area contributed by atoms with Gasteiger partial charge in [0, 0.05) is 5.56 Å². The lowest BCUT2D eigenvalue weighted by Crippen LogP contribution is -1.91. The zero-order chi connectivity index (χ0) is 11.5. The Hall–Kier alpha value is -2.10. The van der Waals surface area contributed by atoms with E-state index in [9.17, 15) is 4.79 Å². The zero-order valence-corrected chi connectivity index (χ0v) is 9.06. The molecule has 0 radical (unpaired) electrons. The van der Waals surface area contributed by atoms with Gasteiger partial charge in [-0.3, -0.25) is 4.79 Å². The predicted octanol–water partition coefficient (Wildman–Crippen LogP) is 2.47. The van der Waals surface area contributed by atoms with Crippen molar-refractivity contribution in [3.05, 3.63) is 35.9 Å². The van der Waals surface area contributed by atoms with Crippen LogP contribution < -0.4 is 4.74 Å². The molecule has 0 fully saturated rings. The van der Waals surface area contributed by atoms with Crippen molar-refractivity contribution in [2.24, 2.45) is 0 Å². The molecule has 1 aromatic heterocycles. The number of benzene rings is 1. The molecule has 0 aliphatic carbocycles. The van der Waals surface area contributed by atoms with Crippen molar-refractivity contribution < 1.29 is 13.9 Å². The van der Waals surface area contributed by atoms with Gasteiger partial charge in [-0.2, -0.15) is 0 Å². The Labute approximate surface area is 92.9 Å². The summed E-state index contributed by atoms with van der Waals surface area (Å²) in [4.78, 5) is 14.8. The molecule has 0 spiro atoms. The molecule has 0 N–H and O–H groups in total. The molecule has 0 atom stereocenters. The summed E-state index contributed by atoms with van der Waals surface area (Å²) in [7, 11) is 1.58. The number of aryl methyl sites for hydroxylation is 1. The van der Waals surface area contributed by atoms with Crippen LogP contribution in [0.3, 0.4) is 0 Å². The van der Waals surface area contributed by atoms with Crippen LogP contribution in [-0.2, 0) is 0 Å². The number of aldehydes is 1. The van der Waals surface area contributed by atoms with Crippen molar-refractivity contribution in [1.82, 2.24) is 4.98 Å². The molecule has 0 aliphatic heterocycles. The van der Waals surface area contributed by atoms with Gasteiger partial charge >= 0.3 is 0 Å². The van der Waals surface area contributed by atoms with E-state index in [1.807, 2.05) is 25.1 Å². The Morgan fingerprint density at radius 2 is 2.25 bits per heavy atom. The second kappa shape index (κ2) is 4.18. The lowest BCUT2D eigenvalue weighted by Gasteiger charge is -2.07. The molecule has 0 amide bonds. The highest BCUT2D eigenvalue weighted by Gasteiger charge is 2.14.